The lowest BCUT2D eigenvalue weighted by molar-refractivity contribution is 0.543. The molecule has 0 aliphatic rings. The molecule has 1 unspecified atom stereocenters. The standard InChI is InChI=1S/C13H23N3/c1-8(2)14-7-9(3)13-10(4)15-12(6)16-11(13)5/h8-9,14H,7H2,1-6H3. The maximum absolute atomic E-state index is 4.44. The van der Waals surface area contributed by atoms with Crippen LogP contribution in [0.2, 0.25) is 0 Å². The maximum Gasteiger partial charge on any atom is 0.125 e. The summed E-state index contributed by atoms with van der Waals surface area (Å²) >= 11 is 0. The van der Waals surface area contributed by atoms with Crippen molar-refractivity contribution in [3.05, 3.63) is 22.8 Å². The van der Waals surface area contributed by atoms with Gasteiger partial charge in [0, 0.05) is 24.0 Å². The number of hydrogen-bond acceptors (Lipinski definition) is 3. The van der Waals surface area contributed by atoms with E-state index in [0.29, 0.717) is 12.0 Å². The predicted molar refractivity (Wildman–Crippen MR) is 67.8 cm³/mol. The lowest BCUT2D eigenvalue weighted by atomic mass is 9.98. The van der Waals surface area contributed by atoms with Crippen LogP contribution >= 0.6 is 0 Å². The number of nitrogens with zero attached hydrogens (tertiary/aromatic N) is 2. The van der Waals surface area contributed by atoms with Gasteiger partial charge in [-0.2, -0.15) is 0 Å². The van der Waals surface area contributed by atoms with Gasteiger partial charge in [-0.15, -0.1) is 0 Å². The first-order chi connectivity index (χ1) is 7.41. The Morgan fingerprint density at radius 1 is 1.00 bits per heavy atom. The third-order valence-corrected chi connectivity index (χ3v) is 2.76. The van der Waals surface area contributed by atoms with Gasteiger partial charge in [-0.25, -0.2) is 9.97 Å². The molecule has 0 aliphatic heterocycles. The average molecular weight is 221 g/mol. The maximum atomic E-state index is 4.44. The average Bonchev–Trinajstić information content (AvgIpc) is 2.12. The van der Waals surface area contributed by atoms with E-state index in [1.165, 1.54) is 5.56 Å². The second-order valence-corrected chi connectivity index (χ2v) is 4.82. The highest BCUT2D eigenvalue weighted by atomic mass is 14.9. The molecule has 1 heterocycles. The van der Waals surface area contributed by atoms with Gasteiger partial charge in [0.2, 0.25) is 0 Å². The van der Waals surface area contributed by atoms with Gasteiger partial charge in [0.15, 0.2) is 0 Å². The number of rotatable bonds is 4. The summed E-state index contributed by atoms with van der Waals surface area (Å²) in [5.41, 5.74) is 3.52. The minimum atomic E-state index is 0.461. The number of nitrogens with one attached hydrogen (secondary N) is 1. The van der Waals surface area contributed by atoms with Gasteiger partial charge in [0.25, 0.3) is 0 Å². The molecule has 90 valence electrons. The molecule has 16 heavy (non-hydrogen) atoms. The Hall–Kier alpha value is -0.960. The molecule has 0 saturated heterocycles. The quantitative estimate of drug-likeness (QED) is 0.849. The summed E-state index contributed by atoms with van der Waals surface area (Å²) in [5, 5.41) is 3.46. The number of aromatic nitrogens is 2. The molecule has 0 aliphatic carbocycles. The minimum Gasteiger partial charge on any atom is -0.314 e. The molecule has 0 bridgehead atoms. The zero-order valence-electron chi connectivity index (χ0n) is 11.3. The highest BCUT2D eigenvalue weighted by Gasteiger charge is 2.14. The zero-order chi connectivity index (χ0) is 12.3. The van der Waals surface area contributed by atoms with Crippen LogP contribution in [0.25, 0.3) is 0 Å². The topological polar surface area (TPSA) is 37.8 Å². The van der Waals surface area contributed by atoms with E-state index in [2.05, 4.69) is 49.9 Å². The van der Waals surface area contributed by atoms with E-state index in [4.69, 9.17) is 0 Å². The minimum absolute atomic E-state index is 0.461. The number of aryl methyl sites for hydroxylation is 3. The van der Waals surface area contributed by atoms with E-state index in [1.54, 1.807) is 0 Å². The van der Waals surface area contributed by atoms with Gasteiger partial charge in [-0.05, 0) is 32.3 Å². The molecular weight excluding hydrogens is 198 g/mol. The molecule has 1 N–H and O–H groups in total. The van der Waals surface area contributed by atoms with Gasteiger partial charge in [0.05, 0.1) is 0 Å². The summed E-state index contributed by atoms with van der Waals surface area (Å²) in [4.78, 5) is 8.89. The van der Waals surface area contributed by atoms with Crippen molar-refractivity contribution < 1.29 is 0 Å². The molecule has 0 spiro atoms. The van der Waals surface area contributed by atoms with Crippen molar-refractivity contribution in [1.29, 1.82) is 0 Å². The Kier molecular flexibility index (Phi) is 4.42. The molecule has 1 aromatic rings. The summed E-state index contributed by atoms with van der Waals surface area (Å²) in [6, 6.07) is 0.523. The SMILES string of the molecule is Cc1nc(C)c(C(C)CNC(C)C)c(C)n1. The van der Waals surface area contributed by atoms with Crippen LogP contribution in [0.5, 0.6) is 0 Å². The molecule has 1 rings (SSSR count). The fraction of sp³-hybridized carbons (Fsp3) is 0.692. The molecular formula is C13H23N3. The van der Waals surface area contributed by atoms with E-state index < -0.39 is 0 Å². The Labute approximate surface area is 98.7 Å². The summed E-state index contributed by atoms with van der Waals surface area (Å²) in [5.74, 6) is 1.32. The van der Waals surface area contributed by atoms with Crippen molar-refractivity contribution in [2.45, 2.75) is 53.5 Å². The molecule has 1 aromatic heterocycles. The smallest absolute Gasteiger partial charge is 0.125 e. The molecule has 0 saturated carbocycles. The van der Waals surface area contributed by atoms with Crippen LogP contribution in [0.4, 0.5) is 0 Å². The molecule has 3 heteroatoms. The monoisotopic (exact) mass is 221 g/mol. The Balaban J connectivity index is 2.86. The predicted octanol–water partition coefficient (Wildman–Crippen LogP) is 2.50. The first kappa shape index (κ1) is 13.1. The summed E-state index contributed by atoms with van der Waals surface area (Å²) < 4.78 is 0. The third-order valence-electron chi connectivity index (χ3n) is 2.76. The summed E-state index contributed by atoms with van der Waals surface area (Å²) in [6.45, 7) is 13.6. The molecule has 0 aromatic carbocycles. The molecule has 1 atom stereocenters. The van der Waals surface area contributed by atoms with Crippen molar-refractivity contribution in [2.24, 2.45) is 0 Å². The van der Waals surface area contributed by atoms with Crippen molar-refractivity contribution in [3.63, 3.8) is 0 Å². The Bertz CT molecular complexity index is 335. The fourth-order valence-corrected chi connectivity index (χ4v) is 2.12. The largest absolute Gasteiger partial charge is 0.314 e. The van der Waals surface area contributed by atoms with Crippen LogP contribution < -0.4 is 5.32 Å². The fourth-order valence-electron chi connectivity index (χ4n) is 2.12. The van der Waals surface area contributed by atoms with Gasteiger partial charge in [-0.3, -0.25) is 0 Å². The van der Waals surface area contributed by atoms with E-state index >= 15 is 0 Å². The van der Waals surface area contributed by atoms with E-state index in [0.717, 1.165) is 23.8 Å². The van der Waals surface area contributed by atoms with Crippen molar-refractivity contribution in [1.82, 2.24) is 15.3 Å². The normalized spacial score (nSPS) is 13.2. The van der Waals surface area contributed by atoms with Gasteiger partial charge in [-0.1, -0.05) is 20.8 Å². The molecule has 0 radical (unpaired) electrons. The first-order valence-corrected chi connectivity index (χ1v) is 5.97. The zero-order valence-corrected chi connectivity index (χ0v) is 11.3. The lowest BCUT2D eigenvalue weighted by Gasteiger charge is -2.18. The highest BCUT2D eigenvalue weighted by Crippen LogP contribution is 2.20. The third kappa shape index (κ3) is 3.27. The number of hydrogen-bond donors (Lipinski definition) is 1. The van der Waals surface area contributed by atoms with Gasteiger partial charge >= 0.3 is 0 Å². The van der Waals surface area contributed by atoms with E-state index in [9.17, 15) is 0 Å². The van der Waals surface area contributed by atoms with Crippen molar-refractivity contribution in [2.75, 3.05) is 6.54 Å². The van der Waals surface area contributed by atoms with Gasteiger partial charge < -0.3 is 5.32 Å². The van der Waals surface area contributed by atoms with Crippen LogP contribution in [0.15, 0.2) is 0 Å². The Morgan fingerprint density at radius 2 is 1.50 bits per heavy atom. The molecule has 0 fully saturated rings. The molecule has 3 nitrogen and oxygen atoms in total. The summed E-state index contributed by atoms with van der Waals surface area (Å²) in [7, 11) is 0. The second kappa shape index (κ2) is 5.39. The van der Waals surface area contributed by atoms with Crippen LogP contribution in [-0.4, -0.2) is 22.6 Å². The van der Waals surface area contributed by atoms with Gasteiger partial charge in [0.1, 0.15) is 5.82 Å². The van der Waals surface area contributed by atoms with E-state index in [-0.39, 0.29) is 0 Å². The van der Waals surface area contributed by atoms with Crippen LogP contribution in [0.1, 0.15) is 49.5 Å². The highest BCUT2D eigenvalue weighted by molar-refractivity contribution is 5.28. The van der Waals surface area contributed by atoms with Crippen LogP contribution in [0.3, 0.4) is 0 Å². The van der Waals surface area contributed by atoms with Crippen LogP contribution in [-0.2, 0) is 0 Å². The van der Waals surface area contributed by atoms with E-state index in [1.807, 2.05) is 6.92 Å². The first-order valence-electron chi connectivity index (χ1n) is 5.97. The summed E-state index contributed by atoms with van der Waals surface area (Å²) in [6.07, 6.45) is 0. The lowest BCUT2D eigenvalue weighted by Crippen LogP contribution is -2.27. The van der Waals surface area contributed by atoms with Crippen LogP contribution in [0, 0.1) is 20.8 Å². The second-order valence-electron chi connectivity index (χ2n) is 4.82. The van der Waals surface area contributed by atoms with Crippen molar-refractivity contribution in [3.8, 4) is 0 Å². The molecule has 0 amide bonds. The van der Waals surface area contributed by atoms with Crippen molar-refractivity contribution >= 4 is 0 Å². The Morgan fingerprint density at radius 3 is 1.94 bits per heavy atom.